The number of benzene rings is 2. The van der Waals surface area contributed by atoms with Crippen LogP contribution in [0.3, 0.4) is 0 Å². The summed E-state index contributed by atoms with van der Waals surface area (Å²) in [7, 11) is 0. The van der Waals surface area contributed by atoms with Crippen LogP contribution in [-0.2, 0) is 0 Å². The van der Waals surface area contributed by atoms with Crippen LogP contribution in [0.15, 0.2) is 55.1 Å². The zero-order valence-corrected chi connectivity index (χ0v) is 15.1. The molecule has 0 saturated carbocycles. The summed E-state index contributed by atoms with van der Waals surface area (Å²) in [5.74, 6) is 0.529. The molecule has 1 aliphatic heterocycles. The molecule has 1 amide bonds. The molecule has 1 saturated heterocycles. The quantitative estimate of drug-likeness (QED) is 0.729. The van der Waals surface area contributed by atoms with Gasteiger partial charge in [0, 0.05) is 30.3 Å². The van der Waals surface area contributed by atoms with Gasteiger partial charge in [-0.3, -0.25) is 9.36 Å². The molecule has 2 aromatic carbocycles. The van der Waals surface area contributed by atoms with E-state index in [9.17, 15) is 4.79 Å². The molecular weight excluding hydrogens is 324 g/mol. The van der Waals surface area contributed by atoms with E-state index in [1.165, 1.54) is 16.7 Å². The second-order valence-electron chi connectivity index (χ2n) is 7.07. The third kappa shape index (κ3) is 3.25. The summed E-state index contributed by atoms with van der Waals surface area (Å²) in [5, 5.41) is 7.61. The van der Waals surface area contributed by atoms with E-state index < -0.39 is 0 Å². The Bertz CT molecular complexity index is 895. The number of carbonyl (C=O) groups is 1. The largest absolute Gasteiger partial charge is 0.338 e. The predicted molar refractivity (Wildman–Crippen MR) is 101 cm³/mol. The summed E-state index contributed by atoms with van der Waals surface area (Å²) in [6.45, 7) is 5.86. The molecule has 0 unspecified atom stereocenters. The van der Waals surface area contributed by atoms with Crippen LogP contribution in [-0.4, -0.2) is 38.7 Å². The Morgan fingerprint density at radius 2 is 1.65 bits per heavy atom. The molecule has 0 N–H and O–H groups in total. The van der Waals surface area contributed by atoms with E-state index in [-0.39, 0.29) is 5.91 Å². The first-order valence-electron chi connectivity index (χ1n) is 8.93. The van der Waals surface area contributed by atoms with Crippen LogP contribution in [0.25, 0.3) is 5.69 Å². The zero-order chi connectivity index (χ0) is 18.1. The highest BCUT2D eigenvalue weighted by molar-refractivity contribution is 5.94. The van der Waals surface area contributed by atoms with Gasteiger partial charge < -0.3 is 4.90 Å². The van der Waals surface area contributed by atoms with E-state index in [1.54, 1.807) is 12.7 Å². The number of amides is 1. The van der Waals surface area contributed by atoms with Gasteiger partial charge in [0.05, 0.1) is 0 Å². The van der Waals surface area contributed by atoms with Gasteiger partial charge in [-0.2, -0.15) is 0 Å². The number of aromatic nitrogens is 3. The minimum atomic E-state index is 0.104. The van der Waals surface area contributed by atoms with Crippen molar-refractivity contribution in [1.82, 2.24) is 19.7 Å². The molecule has 1 aliphatic rings. The maximum atomic E-state index is 12.8. The van der Waals surface area contributed by atoms with Crippen LogP contribution in [0, 0.1) is 13.8 Å². The maximum absolute atomic E-state index is 12.8. The van der Waals surface area contributed by atoms with Crippen LogP contribution >= 0.6 is 0 Å². The van der Waals surface area contributed by atoms with Crippen molar-refractivity contribution in [1.29, 1.82) is 0 Å². The number of carbonyl (C=O) groups excluding carboxylic acids is 1. The van der Waals surface area contributed by atoms with Gasteiger partial charge in [0.15, 0.2) is 0 Å². The lowest BCUT2D eigenvalue weighted by molar-refractivity contribution is 0.0791. The van der Waals surface area contributed by atoms with Crippen LogP contribution in [0.4, 0.5) is 0 Å². The second kappa shape index (κ2) is 6.75. The fourth-order valence-electron chi connectivity index (χ4n) is 3.76. The predicted octanol–water partition coefficient (Wildman–Crippen LogP) is 3.51. The number of likely N-dealkylation sites (tertiary alicyclic amines) is 1. The van der Waals surface area contributed by atoms with Gasteiger partial charge in [-0.25, -0.2) is 0 Å². The molecule has 0 radical (unpaired) electrons. The number of nitrogens with zero attached hydrogens (tertiary/aromatic N) is 4. The molecule has 132 valence electrons. The Labute approximate surface area is 153 Å². The lowest BCUT2D eigenvalue weighted by Gasteiger charge is -2.17. The first-order valence-corrected chi connectivity index (χ1v) is 8.93. The third-order valence-electron chi connectivity index (χ3n) is 5.02. The Hall–Kier alpha value is -2.95. The van der Waals surface area contributed by atoms with E-state index in [2.05, 4.69) is 42.2 Å². The fraction of sp³-hybridized carbons (Fsp3) is 0.286. The number of hydrogen-bond donors (Lipinski definition) is 0. The first-order chi connectivity index (χ1) is 12.6. The van der Waals surface area contributed by atoms with Gasteiger partial charge in [0.2, 0.25) is 0 Å². The molecule has 26 heavy (non-hydrogen) atoms. The van der Waals surface area contributed by atoms with Crippen LogP contribution in [0.5, 0.6) is 0 Å². The lowest BCUT2D eigenvalue weighted by Crippen LogP contribution is -2.28. The summed E-state index contributed by atoms with van der Waals surface area (Å²) in [6, 6.07) is 14.3. The highest BCUT2D eigenvalue weighted by atomic mass is 16.2. The molecule has 1 aromatic heterocycles. The van der Waals surface area contributed by atoms with Gasteiger partial charge in [0.1, 0.15) is 12.7 Å². The normalized spacial score (nSPS) is 16.8. The number of aryl methyl sites for hydroxylation is 2. The monoisotopic (exact) mass is 346 g/mol. The Balaban J connectivity index is 1.47. The maximum Gasteiger partial charge on any atom is 0.253 e. The Morgan fingerprint density at radius 3 is 2.31 bits per heavy atom. The first kappa shape index (κ1) is 16.5. The molecule has 1 fully saturated rings. The van der Waals surface area contributed by atoms with Crippen molar-refractivity contribution in [2.75, 3.05) is 13.1 Å². The minimum Gasteiger partial charge on any atom is -0.338 e. The zero-order valence-electron chi connectivity index (χ0n) is 15.1. The van der Waals surface area contributed by atoms with Crippen molar-refractivity contribution >= 4 is 5.91 Å². The minimum absolute atomic E-state index is 0.104. The summed E-state index contributed by atoms with van der Waals surface area (Å²) in [5.41, 5.74) is 5.59. The van der Waals surface area contributed by atoms with Crippen molar-refractivity contribution in [3.8, 4) is 5.69 Å². The summed E-state index contributed by atoms with van der Waals surface area (Å²) in [4.78, 5) is 14.8. The molecule has 4 rings (SSSR count). The molecule has 2 heterocycles. The molecule has 1 atom stereocenters. The van der Waals surface area contributed by atoms with Crippen molar-refractivity contribution in [3.63, 3.8) is 0 Å². The third-order valence-corrected chi connectivity index (χ3v) is 5.02. The average Bonchev–Trinajstić information content (AvgIpc) is 3.32. The molecular formula is C21H22N4O. The van der Waals surface area contributed by atoms with Crippen LogP contribution < -0.4 is 0 Å². The highest BCUT2D eigenvalue weighted by Gasteiger charge is 2.28. The van der Waals surface area contributed by atoms with Crippen LogP contribution in [0.1, 0.15) is 39.4 Å². The van der Waals surface area contributed by atoms with Gasteiger partial charge in [0.25, 0.3) is 5.91 Å². The van der Waals surface area contributed by atoms with Crippen molar-refractivity contribution in [2.45, 2.75) is 26.2 Å². The van der Waals surface area contributed by atoms with Crippen molar-refractivity contribution < 1.29 is 4.79 Å². The summed E-state index contributed by atoms with van der Waals surface area (Å²) >= 11 is 0. The smallest absolute Gasteiger partial charge is 0.253 e. The van der Waals surface area contributed by atoms with E-state index >= 15 is 0 Å². The molecule has 0 bridgehead atoms. The van der Waals surface area contributed by atoms with Gasteiger partial charge in [-0.1, -0.05) is 29.3 Å². The molecule has 0 spiro atoms. The fourth-order valence-corrected chi connectivity index (χ4v) is 3.76. The van der Waals surface area contributed by atoms with Gasteiger partial charge in [-0.15, -0.1) is 10.2 Å². The molecule has 5 nitrogen and oxygen atoms in total. The van der Waals surface area contributed by atoms with Gasteiger partial charge >= 0.3 is 0 Å². The van der Waals surface area contributed by atoms with Crippen molar-refractivity contribution in [3.05, 3.63) is 77.4 Å². The number of rotatable bonds is 3. The topological polar surface area (TPSA) is 51.0 Å². The van der Waals surface area contributed by atoms with Crippen LogP contribution in [0.2, 0.25) is 0 Å². The summed E-state index contributed by atoms with van der Waals surface area (Å²) < 4.78 is 1.82. The van der Waals surface area contributed by atoms with E-state index in [0.717, 1.165) is 30.8 Å². The van der Waals surface area contributed by atoms with E-state index in [4.69, 9.17) is 0 Å². The standard InChI is InChI=1S/C21H22N4O/c1-15-9-16(2)11-19(10-15)18-7-8-24(12-18)21(26)17-3-5-20(6-4-17)25-13-22-23-14-25/h3-6,9-11,13-14,18H,7-8,12H2,1-2H3/t18-/m0/s1. The molecule has 3 aromatic rings. The molecule has 5 heteroatoms. The molecule has 0 aliphatic carbocycles. The lowest BCUT2D eigenvalue weighted by atomic mass is 9.95. The average molecular weight is 346 g/mol. The Morgan fingerprint density at radius 1 is 1.00 bits per heavy atom. The number of hydrogen-bond acceptors (Lipinski definition) is 3. The Kier molecular flexibility index (Phi) is 4.29. The highest BCUT2D eigenvalue weighted by Crippen LogP contribution is 2.29. The summed E-state index contributed by atoms with van der Waals surface area (Å²) in [6.07, 6.45) is 4.31. The van der Waals surface area contributed by atoms with Gasteiger partial charge in [-0.05, 0) is 50.1 Å². The van der Waals surface area contributed by atoms with Crippen molar-refractivity contribution in [2.24, 2.45) is 0 Å². The SMILES string of the molecule is Cc1cc(C)cc([C@H]2CCN(C(=O)c3ccc(-n4cnnc4)cc3)C2)c1. The van der Waals surface area contributed by atoms with E-state index in [1.807, 2.05) is 33.7 Å². The van der Waals surface area contributed by atoms with E-state index in [0.29, 0.717) is 5.92 Å². The second-order valence-corrected chi connectivity index (χ2v) is 7.07.